The number of nitrogens with zero attached hydrogens (tertiary/aromatic N) is 2. The topological polar surface area (TPSA) is 38.9 Å². The van der Waals surface area contributed by atoms with Crippen molar-refractivity contribution in [3.8, 4) is 22.7 Å². The average molecular weight is 700 g/mol. The summed E-state index contributed by atoms with van der Waals surface area (Å²) >= 11 is 0. The van der Waals surface area contributed by atoms with Crippen LogP contribution >= 0.6 is 0 Å². The molecule has 0 spiro atoms. The third-order valence-corrected chi connectivity index (χ3v) is 6.12. The zero-order chi connectivity index (χ0) is 25.9. The molecule has 0 aliphatic rings. The Kier molecular flexibility index (Phi) is 6.28. The van der Waals surface area contributed by atoms with Gasteiger partial charge in [0.2, 0.25) is 0 Å². The number of para-hydroxylation sites is 1. The normalized spacial score (nSPS) is 12.3. The van der Waals surface area contributed by atoms with Gasteiger partial charge in [-0.15, -0.1) is 17.5 Å². The second kappa shape index (κ2) is 9.22. The summed E-state index contributed by atoms with van der Waals surface area (Å²) in [5, 5.41) is 10.8. The summed E-state index contributed by atoms with van der Waals surface area (Å²) in [5.41, 5.74) is -3.90. The van der Waals surface area contributed by atoms with Crippen molar-refractivity contribution in [3.05, 3.63) is 96.1 Å². The summed E-state index contributed by atoms with van der Waals surface area (Å²) < 4.78 is 89.0. The van der Waals surface area contributed by atoms with Gasteiger partial charge in [-0.25, -0.2) is 0 Å². The zero-order valence-corrected chi connectivity index (χ0v) is 21.3. The number of hydrogen-bond donors (Lipinski definition) is 0. The molecule has 0 amide bonds. The SMILES string of the molecule is FC(F)(F)c1cccc(-c2nnc(-c3[c-]c4ccccc4o3)c3cc4ccccc4cc23)c1C(F)(F)F.[Ir]. The van der Waals surface area contributed by atoms with Crippen LogP contribution in [0.1, 0.15) is 11.1 Å². The standard InChI is InChI=1S/C28H13F6N2O.Ir/c29-27(30,31)21-10-5-9-18(24(21)28(32,33)34)25-19-12-15-6-1-2-7-16(15)13-20(19)26(36-35-25)23-14-17-8-3-4-11-22(17)37-23;/h1-13H;/q-1;. The van der Waals surface area contributed by atoms with Gasteiger partial charge in [0, 0.05) is 36.6 Å². The van der Waals surface area contributed by atoms with Crippen LogP contribution in [0.2, 0.25) is 0 Å². The summed E-state index contributed by atoms with van der Waals surface area (Å²) in [7, 11) is 0. The summed E-state index contributed by atoms with van der Waals surface area (Å²) in [6, 6.07) is 22.9. The smallest absolute Gasteiger partial charge is 0.417 e. The van der Waals surface area contributed by atoms with Crippen LogP contribution in [-0.2, 0) is 32.5 Å². The third kappa shape index (κ3) is 4.33. The third-order valence-electron chi connectivity index (χ3n) is 6.12. The van der Waals surface area contributed by atoms with Crippen LogP contribution in [0.4, 0.5) is 26.3 Å². The number of benzene rings is 4. The molecule has 0 unspecified atom stereocenters. The Morgan fingerprint density at radius 1 is 0.658 bits per heavy atom. The van der Waals surface area contributed by atoms with Crippen LogP contribution in [0, 0.1) is 6.07 Å². The van der Waals surface area contributed by atoms with Crippen LogP contribution in [0.5, 0.6) is 0 Å². The molecule has 193 valence electrons. The van der Waals surface area contributed by atoms with E-state index in [0.29, 0.717) is 27.8 Å². The van der Waals surface area contributed by atoms with Crippen molar-refractivity contribution >= 4 is 32.5 Å². The minimum absolute atomic E-state index is 0. The van der Waals surface area contributed by atoms with Crippen molar-refractivity contribution in [2.75, 3.05) is 0 Å². The molecule has 38 heavy (non-hydrogen) atoms. The van der Waals surface area contributed by atoms with Gasteiger partial charge < -0.3 is 4.42 Å². The molecule has 0 aliphatic heterocycles. The predicted molar refractivity (Wildman–Crippen MR) is 127 cm³/mol. The molecular formula is C28H13F6IrN2O-. The van der Waals surface area contributed by atoms with E-state index < -0.39 is 29.0 Å². The quantitative estimate of drug-likeness (QED) is 0.103. The number of halogens is 6. The molecular weight excluding hydrogens is 687 g/mol. The van der Waals surface area contributed by atoms with E-state index in [1.165, 1.54) is 0 Å². The van der Waals surface area contributed by atoms with E-state index in [2.05, 4.69) is 16.3 Å². The van der Waals surface area contributed by atoms with Gasteiger partial charge in [-0.05, 0) is 28.3 Å². The fourth-order valence-electron chi connectivity index (χ4n) is 4.52. The van der Waals surface area contributed by atoms with E-state index in [0.717, 1.165) is 17.5 Å². The van der Waals surface area contributed by atoms with Gasteiger partial charge in [-0.1, -0.05) is 60.7 Å². The van der Waals surface area contributed by atoms with Crippen LogP contribution in [0.25, 0.3) is 55.2 Å². The van der Waals surface area contributed by atoms with E-state index in [1.54, 1.807) is 54.6 Å². The van der Waals surface area contributed by atoms with Crippen LogP contribution in [0.3, 0.4) is 0 Å². The maximum absolute atomic E-state index is 14.1. The van der Waals surface area contributed by atoms with E-state index in [1.807, 2.05) is 6.07 Å². The van der Waals surface area contributed by atoms with Gasteiger partial charge in [-0.3, -0.25) is 0 Å². The van der Waals surface area contributed by atoms with E-state index in [-0.39, 0.29) is 42.6 Å². The van der Waals surface area contributed by atoms with Crippen molar-refractivity contribution < 1.29 is 50.9 Å². The summed E-state index contributed by atoms with van der Waals surface area (Å²) in [4.78, 5) is 0. The Morgan fingerprint density at radius 3 is 1.89 bits per heavy atom. The number of alkyl halides is 6. The van der Waals surface area contributed by atoms with Gasteiger partial charge in [-0.2, -0.15) is 36.5 Å². The first kappa shape index (κ1) is 25.9. The molecule has 6 rings (SSSR count). The Morgan fingerprint density at radius 2 is 1.26 bits per heavy atom. The van der Waals surface area contributed by atoms with Crippen molar-refractivity contribution in [3.63, 3.8) is 0 Å². The van der Waals surface area contributed by atoms with Crippen LogP contribution in [0.15, 0.2) is 83.3 Å². The molecule has 0 fully saturated rings. The molecule has 6 aromatic rings. The van der Waals surface area contributed by atoms with Crippen molar-refractivity contribution in [1.29, 1.82) is 0 Å². The fraction of sp³-hybridized carbons (Fsp3) is 0.0714. The van der Waals surface area contributed by atoms with Gasteiger partial charge in [0.05, 0.1) is 28.3 Å². The van der Waals surface area contributed by atoms with E-state index in [9.17, 15) is 26.3 Å². The molecule has 1 radical (unpaired) electrons. The number of aromatic nitrogens is 2. The van der Waals surface area contributed by atoms with Crippen LogP contribution in [-0.4, -0.2) is 10.2 Å². The average Bonchev–Trinajstić information content (AvgIpc) is 3.29. The summed E-state index contributed by atoms with van der Waals surface area (Å²) in [5.74, 6) is 0.209. The maximum Gasteiger partial charge on any atom is 0.417 e. The summed E-state index contributed by atoms with van der Waals surface area (Å²) in [6.45, 7) is 0. The summed E-state index contributed by atoms with van der Waals surface area (Å²) in [6.07, 6.45) is -10.5. The molecule has 2 aromatic heterocycles. The monoisotopic (exact) mass is 700 g/mol. The minimum Gasteiger partial charge on any atom is -0.518 e. The minimum atomic E-state index is -5.29. The largest absolute Gasteiger partial charge is 0.518 e. The number of hydrogen-bond acceptors (Lipinski definition) is 3. The molecule has 0 atom stereocenters. The van der Waals surface area contributed by atoms with Crippen molar-refractivity contribution in [2.24, 2.45) is 0 Å². The Labute approximate surface area is 224 Å². The first-order chi connectivity index (χ1) is 17.6. The second-order valence-electron chi connectivity index (χ2n) is 8.42. The van der Waals surface area contributed by atoms with Crippen molar-refractivity contribution in [2.45, 2.75) is 12.4 Å². The first-order valence-corrected chi connectivity index (χ1v) is 11.0. The molecule has 3 nitrogen and oxygen atoms in total. The van der Waals surface area contributed by atoms with E-state index >= 15 is 0 Å². The van der Waals surface area contributed by atoms with Gasteiger partial charge >= 0.3 is 12.4 Å². The Bertz CT molecular complexity index is 1790. The molecule has 0 aliphatic carbocycles. The molecule has 2 heterocycles. The molecule has 0 saturated carbocycles. The Hall–Kier alpha value is -3.75. The number of fused-ring (bicyclic) bond motifs is 3. The zero-order valence-electron chi connectivity index (χ0n) is 18.9. The second-order valence-corrected chi connectivity index (χ2v) is 8.42. The van der Waals surface area contributed by atoms with Crippen molar-refractivity contribution in [1.82, 2.24) is 10.2 Å². The molecule has 4 aromatic carbocycles. The van der Waals surface area contributed by atoms with Gasteiger partial charge in [0.15, 0.2) is 0 Å². The molecule has 0 saturated heterocycles. The van der Waals surface area contributed by atoms with E-state index in [4.69, 9.17) is 4.42 Å². The number of rotatable bonds is 2. The van der Waals surface area contributed by atoms with Gasteiger partial charge in [0.1, 0.15) is 0 Å². The number of furan rings is 1. The molecule has 10 heteroatoms. The molecule has 0 N–H and O–H groups in total. The first-order valence-electron chi connectivity index (χ1n) is 11.0. The maximum atomic E-state index is 14.1. The molecule has 0 bridgehead atoms. The van der Waals surface area contributed by atoms with Crippen LogP contribution < -0.4 is 0 Å². The predicted octanol–water partition coefficient (Wildman–Crippen LogP) is 8.70. The fourth-order valence-corrected chi connectivity index (χ4v) is 4.52. The Balaban J connectivity index is 0.00000294. The van der Waals surface area contributed by atoms with Gasteiger partial charge in [0.25, 0.3) is 0 Å².